The van der Waals surface area contributed by atoms with Crippen LogP contribution in [0.3, 0.4) is 0 Å². The summed E-state index contributed by atoms with van der Waals surface area (Å²) in [4.78, 5) is 12.0. The van der Waals surface area contributed by atoms with E-state index in [0.717, 1.165) is 0 Å². The molecule has 2 aromatic heterocycles. The molecule has 0 fully saturated rings. The summed E-state index contributed by atoms with van der Waals surface area (Å²) < 4.78 is 37.2. The highest BCUT2D eigenvalue weighted by atomic mass is 35.5. The molecule has 0 bridgehead atoms. The number of H-pyrrole nitrogens is 1. The number of halogens is 2. The van der Waals surface area contributed by atoms with E-state index in [9.17, 15) is 12.8 Å². The Labute approximate surface area is 165 Å². The molecule has 6 nitrogen and oxygen atoms in total. The highest BCUT2D eigenvalue weighted by Crippen LogP contribution is 2.32. The molecular formula is C19H14ClFN4O2S. The van der Waals surface area contributed by atoms with Gasteiger partial charge in [0.2, 0.25) is 10.0 Å². The number of aryl methyl sites for hydroxylation is 1. The lowest BCUT2D eigenvalue weighted by Crippen LogP contribution is -2.12. The summed E-state index contributed by atoms with van der Waals surface area (Å²) in [5.41, 5.74) is 3.69. The second-order valence-corrected chi connectivity index (χ2v) is 8.26. The molecule has 4 aromatic rings. The maximum atomic E-state index is 14.2. The van der Waals surface area contributed by atoms with Gasteiger partial charge in [-0.05, 0) is 42.8 Å². The van der Waals surface area contributed by atoms with Crippen molar-refractivity contribution in [3.63, 3.8) is 0 Å². The largest absolute Gasteiger partial charge is 0.338 e. The summed E-state index contributed by atoms with van der Waals surface area (Å²) in [6.45, 7) is 1.76. The van der Waals surface area contributed by atoms with E-state index in [-0.39, 0.29) is 15.5 Å². The van der Waals surface area contributed by atoms with Crippen molar-refractivity contribution in [1.82, 2.24) is 15.0 Å². The van der Waals surface area contributed by atoms with Gasteiger partial charge in [0.25, 0.3) is 0 Å². The van der Waals surface area contributed by atoms with Crippen LogP contribution in [0.2, 0.25) is 5.02 Å². The Balaban J connectivity index is 1.81. The standard InChI is InChI=1S/C19H14ClFN4O2S/c1-10-7-11(28(22,26)27)5-6-12(10)17-9-23-19-16(24-17)8-15(25-19)18-13(20)3-2-4-14(18)21/h2-9H,1H3,(H,23,25)(H2,22,26,27). The minimum Gasteiger partial charge on any atom is -0.338 e. The molecule has 0 aliphatic heterocycles. The highest BCUT2D eigenvalue weighted by Gasteiger charge is 2.15. The van der Waals surface area contributed by atoms with E-state index in [1.165, 1.54) is 24.3 Å². The number of sulfonamides is 1. The fourth-order valence-corrected chi connectivity index (χ4v) is 3.88. The molecule has 0 amide bonds. The first kappa shape index (κ1) is 18.5. The van der Waals surface area contributed by atoms with Crippen LogP contribution < -0.4 is 5.14 Å². The van der Waals surface area contributed by atoms with Gasteiger partial charge in [-0.15, -0.1) is 0 Å². The number of nitrogens with zero attached hydrogens (tertiary/aromatic N) is 2. The molecule has 0 saturated carbocycles. The summed E-state index contributed by atoms with van der Waals surface area (Å²) in [7, 11) is -3.78. The fraction of sp³-hybridized carbons (Fsp3) is 0.0526. The van der Waals surface area contributed by atoms with E-state index in [4.69, 9.17) is 16.7 Å². The molecule has 28 heavy (non-hydrogen) atoms. The second kappa shape index (κ2) is 6.66. The number of benzene rings is 2. The van der Waals surface area contributed by atoms with Crippen LogP contribution in [-0.4, -0.2) is 23.4 Å². The number of hydrogen-bond donors (Lipinski definition) is 2. The van der Waals surface area contributed by atoms with Gasteiger partial charge in [-0.1, -0.05) is 23.7 Å². The third kappa shape index (κ3) is 3.26. The van der Waals surface area contributed by atoms with Crippen molar-refractivity contribution in [3.8, 4) is 22.5 Å². The van der Waals surface area contributed by atoms with Crippen molar-refractivity contribution in [3.05, 3.63) is 65.1 Å². The molecule has 0 aliphatic carbocycles. The number of primary sulfonamides is 1. The SMILES string of the molecule is Cc1cc(S(N)(=O)=O)ccc1-c1cnc2[nH]c(-c3c(F)cccc3Cl)cc2n1. The predicted molar refractivity (Wildman–Crippen MR) is 106 cm³/mol. The van der Waals surface area contributed by atoms with Crippen LogP contribution in [-0.2, 0) is 10.0 Å². The zero-order chi connectivity index (χ0) is 20.1. The first-order chi connectivity index (χ1) is 13.2. The summed E-state index contributed by atoms with van der Waals surface area (Å²) in [6, 6.07) is 10.7. The Hall–Kier alpha value is -2.81. The zero-order valence-corrected chi connectivity index (χ0v) is 16.1. The van der Waals surface area contributed by atoms with Gasteiger partial charge in [-0.3, -0.25) is 0 Å². The number of fused-ring (bicyclic) bond motifs is 1. The molecule has 9 heteroatoms. The normalized spacial score (nSPS) is 11.9. The molecule has 0 aliphatic rings. The van der Waals surface area contributed by atoms with Gasteiger partial charge in [0, 0.05) is 5.56 Å². The molecule has 142 valence electrons. The predicted octanol–water partition coefficient (Wildman–Crippen LogP) is 4.04. The van der Waals surface area contributed by atoms with Gasteiger partial charge in [0.1, 0.15) is 11.3 Å². The Kier molecular flexibility index (Phi) is 4.41. The topological polar surface area (TPSA) is 102 Å². The van der Waals surface area contributed by atoms with Crippen LogP contribution in [0.4, 0.5) is 4.39 Å². The van der Waals surface area contributed by atoms with Gasteiger partial charge in [-0.25, -0.2) is 27.9 Å². The average Bonchev–Trinajstić information content (AvgIpc) is 3.03. The Morgan fingerprint density at radius 1 is 1.18 bits per heavy atom. The Morgan fingerprint density at radius 2 is 1.96 bits per heavy atom. The number of nitrogens with two attached hydrogens (primary N) is 1. The summed E-state index contributed by atoms with van der Waals surface area (Å²) in [5.74, 6) is -0.450. The lowest BCUT2D eigenvalue weighted by molar-refractivity contribution is 0.597. The molecule has 0 unspecified atom stereocenters. The van der Waals surface area contributed by atoms with Crippen molar-refractivity contribution >= 4 is 32.8 Å². The minimum atomic E-state index is -3.78. The second-order valence-electron chi connectivity index (χ2n) is 6.29. The number of rotatable bonds is 3. The van der Waals surface area contributed by atoms with E-state index in [0.29, 0.717) is 33.7 Å². The number of aromatic amines is 1. The molecule has 2 heterocycles. The van der Waals surface area contributed by atoms with Crippen molar-refractivity contribution in [1.29, 1.82) is 0 Å². The summed E-state index contributed by atoms with van der Waals surface area (Å²) in [5, 5.41) is 5.45. The van der Waals surface area contributed by atoms with Crippen LogP contribution >= 0.6 is 11.6 Å². The van der Waals surface area contributed by atoms with Gasteiger partial charge in [-0.2, -0.15) is 0 Å². The third-order valence-corrected chi connectivity index (χ3v) is 5.59. The lowest BCUT2D eigenvalue weighted by Gasteiger charge is -2.07. The van der Waals surface area contributed by atoms with Gasteiger partial charge >= 0.3 is 0 Å². The first-order valence-corrected chi connectivity index (χ1v) is 10.1. The minimum absolute atomic E-state index is 0.0286. The average molecular weight is 417 g/mol. The van der Waals surface area contributed by atoms with Crippen molar-refractivity contribution in [2.45, 2.75) is 11.8 Å². The first-order valence-electron chi connectivity index (χ1n) is 8.18. The lowest BCUT2D eigenvalue weighted by atomic mass is 10.1. The molecule has 0 atom stereocenters. The molecule has 4 rings (SSSR count). The summed E-state index contributed by atoms with van der Waals surface area (Å²) in [6.07, 6.45) is 1.56. The maximum absolute atomic E-state index is 14.2. The molecule has 2 aromatic carbocycles. The maximum Gasteiger partial charge on any atom is 0.238 e. The Bertz CT molecular complexity index is 1320. The zero-order valence-electron chi connectivity index (χ0n) is 14.6. The van der Waals surface area contributed by atoms with E-state index in [2.05, 4.69) is 15.0 Å². The Morgan fingerprint density at radius 3 is 2.64 bits per heavy atom. The molecule has 0 saturated heterocycles. The van der Waals surface area contributed by atoms with Gasteiger partial charge in [0.05, 0.1) is 33.1 Å². The van der Waals surface area contributed by atoms with E-state index < -0.39 is 15.8 Å². The number of nitrogens with one attached hydrogen (secondary N) is 1. The fourth-order valence-electron chi connectivity index (χ4n) is 3.02. The van der Waals surface area contributed by atoms with Crippen molar-refractivity contribution in [2.24, 2.45) is 5.14 Å². The van der Waals surface area contributed by atoms with Crippen molar-refractivity contribution < 1.29 is 12.8 Å². The van der Waals surface area contributed by atoms with Crippen LogP contribution in [0.15, 0.2) is 53.6 Å². The van der Waals surface area contributed by atoms with E-state index in [1.807, 2.05) is 0 Å². The van der Waals surface area contributed by atoms with Crippen LogP contribution in [0, 0.1) is 12.7 Å². The van der Waals surface area contributed by atoms with E-state index in [1.54, 1.807) is 31.3 Å². The summed E-state index contributed by atoms with van der Waals surface area (Å²) >= 11 is 6.13. The van der Waals surface area contributed by atoms with Crippen LogP contribution in [0.5, 0.6) is 0 Å². The molecule has 0 spiro atoms. The van der Waals surface area contributed by atoms with Gasteiger partial charge < -0.3 is 4.98 Å². The van der Waals surface area contributed by atoms with Crippen LogP contribution in [0.25, 0.3) is 33.7 Å². The number of aromatic nitrogens is 3. The molecular weight excluding hydrogens is 403 g/mol. The highest BCUT2D eigenvalue weighted by molar-refractivity contribution is 7.89. The monoisotopic (exact) mass is 416 g/mol. The molecule has 0 radical (unpaired) electrons. The third-order valence-electron chi connectivity index (χ3n) is 4.37. The smallest absolute Gasteiger partial charge is 0.238 e. The molecule has 3 N–H and O–H groups in total. The van der Waals surface area contributed by atoms with Gasteiger partial charge in [0.15, 0.2) is 5.65 Å². The quantitative estimate of drug-likeness (QED) is 0.526. The van der Waals surface area contributed by atoms with Crippen molar-refractivity contribution in [2.75, 3.05) is 0 Å². The van der Waals surface area contributed by atoms with E-state index >= 15 is 0 Å². The van der Waals surface area contributed by atoms with Crippen LogP contribution in [0.1, 0.15) is 5.56 Å². The number of hydrogen-bond acceptors (Lipinski definition) is 4.